The summed E-state index contributed by atoms with van der Waals surface area (Å²) in [6, 6.07) is 32.3. The van der Waals surface area contributed by atoms with Crippen molar-refractivity contribution in [2.24, 2.45) is 0 Å². The Balaban J connectivity index is 0.000000775. The van der Waals surface area contributed by atoms with Crippen LogP contribution in [0.2, 0.25) is 0 Å². The van der Waals surface area contributed by atoms with Gasteiger partial charge in [0.2, 0.25) is 0 Å². The monoisotopic (exact) mass is 508 g/mol. The first kappa shape index (κ1) is 19.2. The first-order valence-electron chi connectivity index (χ1n) is 6.67. The van der Waals surface area contributed by atoms with E-state index in [9.17, 15) is 0 Å². The molecule has 0 aliphatic heterocycles. The van der Waals surface area contributed by atoms with Crippen LogP contribution in [0.4, 0.5) is 0 Å². The van der Waals surface area contributed by atoms with Crippen LogP contribution < -0.4 is 15.9 Å². The molecule has 116 valence electrons. The third-order valence-electron chi connectivity index (χ3n) is 3.04. The molecule has 0 saturated carbocycles. The summed E-state index contributed by atoms with van der Waals surface area (Å²) in [5.74, 6) is 0. The third kappa shape index (κ3) is 5.09. The van der Waals surface area contributed by atoms with E-state index in [4.69, 9.17) is 0 Å². The van der Waals surface area contributed by atoms with E-state index >= 15 is 0 Å². The Kier molecular flexibility index (Phi) is 9.39. The van der Waals surface area contributed by atoms with Crippen molar-refractivity contribution >= 4 is 35.4 Å². The zero-order valence-electron chi connectivity index (χ0n) is 12.0. The first-order valence-corrected chi connectivity index (χ1v) is 8.55. The van der Waals surface area contributed by atoms with Crippen LogP contribution in [0.15, 0.2) is 91.0 Å². The third-order valence-corrected chi connectivity index (χ3v) is 5.49. The van der Waals surface area contributed by atoms with Crippen LogP contribution in [0.25, 0.3) is 0 Å². The fourth-order valence-corrected chi connectivity index (χ4v) is 4.48. The summed E-state index contributed by atoms with van der Waals surface area (Å²) in [6.45, 7) is 0. The molecule has 22 heavy (non-hydrogen) atoms. The van der Waals surface area contributed by atoms with Gasteiger partial charge in [0.25, 0.3) is 0 Å². The summed E-state index contributed by atoms with van der Waals surface area (Å²) >= 11 is 4.39. The predicted octanol–water partition coefficient (Wildman–Crippen LogP) is 4.46. The van der Waals surface area contributed by atoms with Crippen LogP contribution in [0.5, 0.6) is 0 Å². The molecule has 0 bridgehead atoms. The van der Waals surface area contributed by atoms with Crippen LogP contribution in [0, 0.1) is 6.38 Å². The first-order chi connectivity index (χ1) is 10.4. The number of halogens is 1. The van der Waals surface area contributed by atoms with Crippen LogP contribution in [0.3, 0.4) is 0 Å². The number of rotatable bonds is 3. The van der Waals surface area contributed by atoms with Gasteiger partial charge in [0.15, 0.2) is 0 Å². The van der Waals surface area contributed by atoms with E-state index in [0.29, 0.717) is 0 Å². The van der Waals surface area contributed by atoms with Gasteiger partial charge in [0.05, 0.1) is 0 Å². The minimum absolute atomic E-state index is 0. The molecule has 3 rings (SSSR count). The molecule has 0 saturated heterocycles. The Bertz CT molecular complexity index is 535. The van der Waals surface area contributed by atoms with Crippen molar-refractivity contribution in [2.45, 2.75) is 0 Å². The molecule has 0 unspecified atom stereocenters. The quantitative estimate of drug-likeness (QED) is 0.278. The average Bonchev–Trinajstić information content (AvgIpc) is 2.60. The average molecular weight is 509 g/mol. The summed E-state index contributed by atoms with van der Waals surface area (Å²) < 4.78 is 0. The SMILES string of the molecule is [Au+].[CH2-]Cl.c1ccc(P(c2ccccc2)c2ccccc2)cc1. The molecule has 0 nitrogen and oxygen atoms in total. The van der Waals surface area contributed by atoms with Crippen molar-refractivity contribution < 1.29 is 22.4 Å². The summed E-state index contributed by atoms with van der Waals surface area (Å²) in [7, 11) is -0.446. The minimum Gasteiger partial charge on any atom is -0.352 e. The standard InChI is InChI=1S/C18H15P.CH2Cl.Au/c1-4-10-16(11-5-1)19(17-12-6-2-7-13-17)18-14-8-3-9-15-18;1-2;/h1-15H;1H2;/q;-1;+1. The van der Waals surface area contributed by atoms with Gasteiger partial charge in [-0.3, -0.25) is 6.38 Å². The molecule has 0 atom stereocenters. The molecule has 0 N–H and O–H groups in total. The van der Waals surface area contributed by atoms with Gasteiger partial charge in [-0.1, -0.05) is 91.0 Å². The summed E-state index contributed by atoms with van der Waals surface area (Å²) in [4.78, 5) is 0. The Morgan fingerprint density at radius 1 is 0.500 bits per heavy atom. The van der Waals surface area contributed by atoms with Gasteiger partial charge in [0, 0.05) is 0 Å². The zero-order chi connectivity index (χ0) is 14.9. The molecule has 3 aromatic carbocycles. The fraction of sp³-hybridized carbons (Fsp3) is 0. The largest absolute Gasteiger partial charge is 1.00 e. The molecule has 0 aliphatic rings. The molecule has 0 fully saturated rings. The second-order valence-electron chi connectivity index (χ2n) is 4.34. The van der Waals surface area contributed by atoms with Gasteiger partial charge < -0.3 is 11.6 Å². The Hall–Kier alpha value is -0.880. The summed E-state index contributed by atoms with van der Waals surface area (Å²) in [5.41, 5.74) is 0. The van der Waals surface area contributed by atoms with Gasteiger partial charge in [-0.15, -0.1) is 0 Å². The maximum Gasteiger partial charge on any atom is 1.00 e. The Morgan fingerprint density at radius 3 is 0.955 bits per heavy atom. The second-order valence-corrected chi connectivity index (χ2v) is 6.56. The van der Waals surface area contributed by atoms with Crippen molar-refractivity contribution in [1.82, 2.24) is 0 Å². The molecule has 0 aromatic heterocycles. The topological polar surface area (TPSA) is 0 Å². The molecule has 0 radical (unpaired) electrons. The van der Waals surface area contributed by atoms with E-state index in [1.807, 2.05) is 0 Å². The van der Waals surface area contributed by atoms with E-state index in [1.165, 1.54) is 15.9 Å². The van der Waals surface area contributed by atoms with E-state index < -0.39 is 7.92 Å². The molecule has 3 heteroatoms. The van der Waals surface area contributed by atoms with E-state index in [-0.39, 0.29) is 22.4 Å². The Labute approximate surface area is 154 Å². The summed E-state index contributed by atoms with van der Waals surface area (Å²) in [6.07, 6.45) is 2.72. The van der Waals surface area contributed by atoms with Crippen molar-refractivity contribution in [2.75, 3.05) is 0 Å². The Morgan fingerprint density at radius 2 is 0.727 bits per heavy atom. The van der Waals surface area contributed by atoms with E-state index in [2.05, 4.69) is 109 Å². The van der Waals surface area contributed by atoms with E-state index in [0.717, 1.165) is 0 Å². The van der Waals surface area contributed by atoms with Crippen LogP contribution in [-0.4, -0.2) is 0 Å². The number of hydrogen-bond donors (Lipinski definition) is 0. The van der Waals surface area contributed by atoms with Gasteiger partial charge in [0.1, 0.15) is 0 Å². The number of benzene rings is 3. The van der Waals surface area contributed by atoms with Crippen molar-refractivity contribution in [3.05, 3.63) is 97.4 Å². The molecule has 3 aromatic rings. The number of hydrogen-bond acceptors (Lipinski definition) is 0. The zero-order valence-corrected chi connectivity index (χ0v) is 15.8. The van der Waals surface area contributed by atoms with Crippen molar-refractivity contribution in [3.8, 4) is 0 Å². The van der Waals surface area contributed by atoms with Crippen molar-refractivity contribution in [1.29, 1.82) is 0 Å². The summed E-state index contributed by atoms with van der Waals surface area (Å²) in [5, 5.41) is 4.19. The molecule has 0 spiro atoms. The molecule has 0 aliphatic carbocycles. The smallest absolute Gasteiger partial charge is 0.352 e. The normalized spacial score (nSPS) is 9.41. The van der Waals surface area contributed by atoms with Gasteiger partial charge in [-0.25, -0.2) is 0 Å². The minimum atomic E-state index is -0.446. The van der Waals surface area contributed by atoms with Gasteiger partial charge in [-0.2, -0.15) is 0 Å². The van der Waals surface area contributed by atoms with Crippen molar-refractivity contribution in [3.63, 3.8) is 0 Å². The van der Waals surface area contributed by atoms with Gasteiger partial charge >= 0.3 is 22.4 Å². The van der Waals surface area contributed by atoms with Gasteiger partial charge in [-0.05, 0) is 23.8 Å². The van der Waals surface area contributed by atoms with Crippen LogP contribution >= 0.6 is 19.5 Å². The maximum absolute atomic E-state index is 4.39. The maximum atomic E-state index is 4.39. The molecular formula is C19H17AuClP. The molecule has 0 amide bonds. The van der Waals surface area contributed by atoms with Crippen LogP contribution in [0.1, 0.15) is 0 Å². The molecule has 0 heterocycles. The fourth-order valence-electron chi connectivity index (χ4n) is 2.18. The van der Waals surface area contributed by atoms with Crippen LogP contribution in [-0.2, 0) is 22.4 Å². The second kappa shape index (κ2) is 10.8. The molecular weight excluding hydrogens is 492 g/mol. The van der Waals surface area contributed by atoms with E-state index in [1.54, 1.807) is 0 Å². The predicted molar refractivity (Wildman–Crippen MR) is 96.4 cm³/mol.